The van der Waals surface area contributed by atoms with Crippen LogP contribution in [0.3, 0.4) is 0 Å². The zero-order valence-electron chi connectivity index (χ0n) is 20.5. The van der Waals surface area contributed by atoms with Gasteiger partial charge in [0, 0.05) is 51.8 Å². The fourth-order valence-corrected chi connectivity index (χ4v) is 4.04. The number of nitrogens with zero attached hydrogens (tertiary/aromatic N) is 2. The van der Waals surface area contributed by atoms with Gasteiger partial charge in [-0.15, -0.1) is 0 Å². The SMILES string of the molecule is COc1ccccc1N1CCN(CC(COc2cc(OC)c(OC)c(OC)c2)OC(C)=O)CC1. The van der Waals surface area contributed by atoms with E-state index in [2.05, 4.69) is 15.9 Å². The Morgan fingerprint density at radius 3 is 2.06 bits per heavy atom. The van der Waals surface area contributed by atoms with Gasteiger partial charge in [-0.05, 0) is 12.1 Å². The molecular formula is C25H34N2O7. The molecule has 0 aliphatic carbocycles. The molecule has 0 radical (unpaired) electrons. The number of hydrogen-bond acceptors (Lipinski definition) is 9. The topological polar surface area (TPSA) is 78.9 Å². The molecule has 0 bridgehead atoms. The van der Waals surface area contributed by atoms with Crippen LogP contribution >= 0.6 is 0 Å². The fourth-order valence-electron chi connectivity index (χ4n) is 4.04. The molecule has 1 heterocycles. The second kappa shape index (κ2) is 12.2. The van der Waals surface area contributed by atoms with Gasteiger partial charge < -0.3 is 33.3 Å². The lowest BCUT2D eigenvalue weighted by Crippen LogP contribution is -2.50. The number of para-hydroxylation sites is 2. The predicted molar refractivity (Wildman–Crippen MR) is 129 cm³/mol. The Kier molecular flexibility index (Phi) is 9.09. The highest BCUT2D eigenvalue weighted by molar-refractivity contribution is 5.66. The minimum atomic E-state index is -0.422. The quantitative estimate of drug-likeness (QED) is 0.457. The number of carbonyl (C=O) groups is 1. The molecular weight excluding hydrogens is 440 g/mol. The van der Waals surface area contributed by atoms with Crippen molar-refractivity contribution in [1.29, 1.82) is 0 Å². The molecule has 0 N–H and O–H groups in total. The maximum Gasteiger partial charge on any atom is 0.303 e. The second-order valence-electron chi connectivity index (χ2n) is 7.86. The molecule has 9 heteroatoms. The van der Waals surface area contributed by atoms with E-state index < -0.39 is 6.10 Å². The van der Waals surface area contributed by atoms with E-state index in [9.17, 15) is 4.79 Å². The van der Waals surface area contributed by atoms with E-state index in [1.54, 1.807) is 40.6 Å². The van der Waals surface area contributed by atoms with Gasteiger partial charge in [0.2, 0.25) is 5.75 Å². The van der Waals surface area contributed by atoms with E-state index >= 15 is 0 Å². The third-order valence-electron chi connectivity index (χ3n) is 5.67. The molecule has 1 atom stereocenters. The van der Waals surface area contributed by atoms with Crippen molar-refractivity contribution < 1.29 is 33.2 Å². The van der Waals surface area contributed by atoms with E-state index in [-0.39, 0.29) is 12.6 Å². The average Bonchev–Trinajstić information content (AvgIpc) is 2.86. The van der Waals surface area contributed by atoms with Crippen LogP contribution in [0.2, 0.25) is 0 Å². The van der Waals surface area contributed by atoms with Crippen LogP contribution in [-0.2, 0) is 9.53 Å². The summed E-state index contributed by atoms with van der Waals surface area (Å²) in [6.45, 7) is 5.54. The van der Waals surface area contributed by atoms with Crippen LogP contribution in [0.15, 0.2) is 36.4 Å². The van der Waals surface area contributed by atoms with Crippen molar-refractivity contribution in [3.05, 3.63) is 36.4 Å². The second-order valence-corrected chi connectivity index (χ2v) is 7.86. The van der Waals surface area contributed by atoms with Gasteiger partial charge in [-0.2, -0.15) is 0 Å². The van der Waals surface area contributed by atoms with Crippen molar-refractivity contribution in [1.82, 2.24) is 4.90 Å². The number of benzene rings is 2. The lowest BCUT2D eigenvalue weighted by atomic mass is 10.2. The highest BCUT2D eigenvalue weighted by atomic mass is 16.6. The summed E-state index contributed by atoms with van der Waals surface area (Å²) >= 11 is 0. The van der Waals surface area contributed by atoms with Gasteiger partial charge in [-0.3, -0.25) is 9.69 Å². The van der Waals surface area contributed by atoms with Gasteiger partial charge in [0.25, 0.3) is 0 Å². The molecule has 1 fully saturated rings. The summed E-state index contributed by atoms with van der Waals surface area (Å²) < 4.78 is 33.1. The first kappa shape index (κ1) is 25.3. The molecule has 0 aromatic heterocycles. The number of piperazine rings is 1. The van der Waals surface area contributed by atoms with E-state index in [4.69, 9.17) is 28.4 Å². The molecule has 0 saturated carbocycles. The maximum atomic E-state index is 11.7. The third kappa shape index (κ3) is 6.38. The first-order valence-electron chi connectivity index (χ1n) is 11.2. The van der Waals surface area contributed by atoms with Gasteiger partial charge in [0.15, 0.2) is 11.5 Å². The molecule has 1 unspecified atom stereocenters. The highest BCUT2D eigenvalue weighted by Gasteiger charge is 2.24. The smallest absolute Gasteiger partial charge is 0.303 e. The molecule has 186 valence electrons. The summed E-state index contributed by atoms with van der Waals surface area (Å²) in [7, 11) is 6.33. The molecule has 0 amide bonds. The number of hydrogen-bond donors (Lipinski definition) is 0. The molecule has 1 aliphatic heterocycles. The van der Waals surface area contributed by atoms with Crippen LogP contribution in [-0.4, -0.2) is 84.7 Å². The Morgan fingerprint density at radius 1 is 0.882 bits per heavy atom. The van der Waals surface area contributed by atoms with Crippen LogP contribution < -0.4 is 28.6 Å². The minimum Gasteiger partial charge on any atom is -0.495 e. The van der Waals surface area contributed by atoms with E-state index in [0.29, 0.717) is 29.5 Å². The van der Waals surface area contributed by atoms with Crippen molar-refractivity contribution in [3.63, 3.8) is 0 Å². The summed E-state index contributed by atoms with van der Waals surface area (Å²) in [6.07, 6.45) is -0.422. The number of methoxy groups -OCH3 is 4. The van der Waals surface area contributed by atoms with Crippen LogP contribution in [0.5, 0.6) is 28.7 Å². The largest absolute Gasteiger partial charge is 0.495 e. The third-order valence-corrected chi connectivity index (χ3v) is 5.67. The van der Waals surface area contributed by atoms with Crippen molar-refractivity contribution in [2.24, 2.45) is 0 Å². The summed E-state index contributed by atoms with van der Waals surface area (Å²) in [5.74, 6) is 2.54. The lowest BCUT2D eigenvalue weighted by molar-refractivity contribution is -0.148. The van der Waals surface area contributed by atoms with E-state index in [1.807, 2.05) is 18.2 Å². The summed E-state index contributed by atoms with van der Waals surface area (Å²) in [6, 6.07) is 11.5. The molecule has 3 rings (SSSR count). The Bertz CT molecular complexity index is 920. The summed E-state index contributed by atoms with van der Waals surface area (Å²) in [4.78, 5) is 16.3. The van der Waals surface area contributed by atoms with Crippen LogP contribution in [0.25, 0.3) is 0 Å². The predicted octanol–water partition coefficient (Wildman–Crippen LogP) is 2.85. The van der Waals surface area contributed by atoms with Crippen molar-refractivity contribution in [2.75, 3.05) is 72.7 Å². The number of ether oxygens (including phenoxy) is 6. The monoisotopic (exact) mass is 474 g/mol. The molecule has 1 aliphatic rings. The van der Waals surface area contributed by atoms with Crippen LogP contribution in [0.1, 0.15) is 6.92 Å². The number of esters is 1. The van der Waals surface area contributed by atoms with Gasteiger partial charge in [0.1, 0.15) is 24.2 Å². The zero-order valence-corrected chi connectivity index (χ0v) is 20.5. The molecule has 0 spiro atoms. The Hall–Kier alpha value is -3.33. The molecule has 34 heavy (non-hydrogen) atoms. The van der Waals surface area contributed by atoms with Crippen LogP contribution in [0, 0.1) is 0 Å². The average molecular weight is 475 g/mol. The maximum absolute atomic E-state index is 11.7. The van der Waals surface area contributed by atoms with Crippen molar-refractivity contribution >= 4 is 11.7 Å². The van der Waals surface area contributed by atoms with Gasteiger partial charge >= 0.3 is 5.97 Å². The van der Waals surface area contributed by atoms with Gasteiger partial charge in [0.05, 0.1) is 34.1 Å². The Balaban J connectivity index is 1.61. The van der Waals surface area contributed by atoms with Crippen molar-refractivity contribution in [3.8, 4) is 28.7 Å². The first-order valence-corrected chi connectivity index (χ1v) is 11.2. The first-order chi connectivity index (χ1) is 16.5. The zero-order chi connectivity index (χ0) is 24.5. The normalized spacial score (nSPS) is 14.8. The summed E-state index contributed by atoms with van der Waals surface area (Å²) in [5.41, 5.74) is 1.09. The Labute approximate surface area is 201 Å². The fraction of sp³-hybridized carbons (Fsp3) is 0.480. The van der Waals surface area contributed by atoms with Gasteiger partial charge in [-0.25, -0.2) is 0 Å². The minimum absolute atomic E-state index is 0.199. The van der Waals surface area contributed by atoms with Gasteiger partial charge in [-0.1, -0.05) is 12.1 Å². The van der Waals surface area contributed by atoms with E-state index in [0.717, 1.165) is 37.6 Å². The lowest BCUT2D eigenvalue weighted by Gasteiger charge is -2.37. The number of rotatable bonds is 11. The number of carbonyl (C=O) groups excluding carboxylic acids is 1. The van der Waals surface area contributed by atoms with Crippen LogP contribution in [0.4, 0.5) is 5.69 Å². The number of anilines is 1. The molecule has 2 aromatic rings. The highest BCUT2D eigenvalue weighted by Crippen LogP contribution is 2.40. The molecule has 1 saturated heterocycles. The van der Waals surface area contributed by atoms with E-state index in [1.165, 1.54) is 6.92 Å². The summed E-state index contributed by atoms with van der Waals surface area (Å²) in [5, 5.41) is 0. The van der Waals surface area contributed by atoms with Crippen molar-refractivity contribution in [2.45, 2.75) is 13.0 Å². The molecule has 9 nitrogen and oxygen atoms in total. The Morgan fingerprint density at radius 2 is 1.50 bits per heavy atom. The molecule has 2 aromatic carbocycles. The standard InChI is InChI=1S/C25H34N2O7/c1-18(28)34-20(17-33-19-14-23(30-3)25(32-5)24(15-19)31-4)16-26-10-12-27(13-11-26)21-8-6-7-9-22(21)29-2/h6-9,14-15,20H,10-13,16-17H2,1-5H3.